The second-order valence-corrected chi connectivity index (χ2v) is 5.70. The molecule has 3 heteroatoms. The zero-order valence-corrected chi connectivity index (χ0v) is 12.4. The van der Waals surface area contributed by atoms with Crippen LogP contribution < -0.4 is 5.32 Å². The van der Waals surface area contributed by atoms with Gasteiger partial charge in [-0.25, -0.2) is 0 Å². The van der Waals surface area contributed by atoms with Crippen molar-refractivity contribution >= 4 is 5.91 Å². The van der Waals surface area contributed by atoms with E-state index in [2.05, 4.69) is 31.0 Å². The monoisotopic (exact) mass is 254 g/mol. The summed E-state index contributed by atoms with van der Waals surface area (Å²) in [5.41, 5.74) is 0. The molecule has 0 saturated carbocycles. The molecule has 1 N–H and O–H groups in total. The number of unbranched alkanes of at least 4 members (excludes halogenated alkanes) is 1. The number of nitrogens with one attached hydrogen (secondary N) is 1. The molecular formula is C15H30N2O. The number of hydrogen-bond donors (Lipinski definition) is 1. The van der Waals surface area contributed by atoms with Crippen LogP contribution in [0.2, 0.25) is 0 Å². The Labute approximate surface area is 112 Å². The quantitative estimate of drug-likeness (QED) is 0.722. The van der Waals surface area contributed by atoms with Crippen LogP contribution in [0.4, 0.5) is 0 Å². The molecule has 1 aliphatic rings. The van der Waals surface area contributed by atoms with Crippen LogP contribution in [0, 0.1) is 5.92 Å². The fraction of sp³-hybridized carbons (Fsp3) is 0.933. The van der Waals surface area contributed by atoms with E-state index in [0.29, 0.717) is 24.3 Å². The lowest BCUT2D eigenvalue weighted by Crippen LogP contribution is -2.42. The molecule has 1 rings (SSSR count). The summed E-state index contributed by atoms with van der Waals surface area (Å²) in [6, 6.07) is 0.530. The van der Waals surface area contributed by atoms with Crippen molar-refractivity contribution in [3.8, 4) is 0 Å². The second-order valence-electron chi connectivity index (χ2n) is 5.70. The standard InChI is InChI=1S/C15H30N2O/c1-4-6-10-17(12-14-8-7-9-16-14)15(18)11-13(3)5-2/h13-14,16H,4-12H2,1-3H3. The minimum absolute atomic E-state index is 0.353. The molecular weight excluding hydrogens is 224 g/mol. The summed E-state index contributed by atoms with van der Waals surface area (Å²) >= 11 is 0. The van der Waals surface area contributed by atoms with Crippen LogP contribution in [0.1, 0.15) is 59.3 Å². The molecule has 0 aliphatic carbocycles. The van der Waals surface area contributed by atoms with Gasteiger partial charge >= 0.3 is 0 Å². The third kappa shape index (κ3) is 5.38. The van der Waals surface area contributed by atoms with Crippen LogP contribution in [0.5, 0.6) is 0 Å². The highest BCUT2D eigenvalue weighted by Crippen LogP contribution is 2.13. The predicted molar refractivity (Wildman–Crippen MR) is 76.6 cm³/mol. The molecule has 0 bridgehead atoms. The van der Waals surface area contributed by atoms with Crippen LogP contribution in [-0.2, 0) is 4.79 Å². The molecule has 1 fully saturated rings. The minimum Gasteiger partial charge on any atom is -0.341 e. The van der Waals surface area contributed by atoms with Gasteiger partial charge in [0, 0.05) is 25.6 Å². The predicted octanol–water partition coefficient (Wildman–Crippen LogP) is 2.80. The minimum atomic E-state index is 0.353. The zero-order valence-electron chi connectivity index (χ0n) is 12.4. The summed E-state index contributed by atoms with van der Waals surface area (Å²) in [6.07, 6.45) is 6.57. The van der Waals surface area contributed by atoms with Gasteiger partial charge in [-0.15, -0.1) is 0 Å². The Bertz CT molecular complexity index is 237. The van der Waals surface area contributed by atoms with E-state index in [1.807, 2.05) is 0 Å². The van der Waals surface area contributed by atoms with Crippen molar-refractivity contribution in [1.29, 1.82) is 0 Å². The summed E-state index contributed by atoms with van der Waals surface area (Å²) in [7, 11) is 0. The number of amides is 1. The lowest BCUT2D eigenvalue weighted by molar-refractivity contribution is -0.132. The van der Waals surface area contributed by atoms with Gasteiger partial charge in [0.25, 0.3) is 0 Å². The van der Waals surface area contributed by atoms with Crippen molar-refractivity contribution in [1.82, 2.24) is 10.2 Å². The largest absolute Gasteiger partial charge is 0.341 e. The third-order valence-electron chi connectivity index (χ3n) is 3.96. The van der Waals surface area contributed by atoms with Crippen molar-refractivity contribution in [2.24, 2.45) is 5.92 Å². The number of hydrogen-bond acceptors (Lipinski definition) is 2. The van der Waals surface area contributed by atoms with Crippen molar-refractivity contribution in [2.75, 3.05) is 19.6 Å². The van der Waals surface area contributed by atoms with Crippen LogP contribution in [0.3, 0.4) is 0 Å². The summed E-state index contributed by atoms with van der Waals surface area (Å²) in [5.74, 6) is 0.865. The molecule has 0 radical (unpaired) electrons. The fourth-order valence-corrected chi connectivity index (χ4v) is 2.42. The van der Waals surface area contributed by atoms with Gasteiger partial charge in [-0.05, 0) is 31.7 Å². The van der Waals surface area contributed by atoms with Crippen molar-refractivity contribution < 1.29 is 4.79 Å². The van der Waals surface area contributed by atoms with Gasteiger partial charge < -0.3 is 10.2 Å². The van der Waals surface area contributed by atoms with Gasteiger partial charge in [-0.2, -0.15) is 0 Å². The fourth-order valence-electron chi connectivity index (χ4n) is 2.42. The third-order valence-corrected chi connectivity index (χ3v) is 3.96. The lowest BCUT2D eigenvalue weighted by atomic mass is 10.0. The molecule has 0 aromatic heterocycles. The lowest BCUT2D eigenvalue weighted by Gasteiger charge is -2.27. The Balaban J connectivity index is 2.44. The average molecular weight is 254 g/mol. The highest BCUT2D eigenvalue weighted by Gasteiger charge is 2.21. The van der Waals surface area contributed by atoms with Crippen LogP contribution in [0.15, 0.2) is 0 Å². The van der Waals surface area contributed by atoms with Crippen molar-refractivity contribution in [3.63, 3.8) is 0 Å². The van der Waals surface area contributed by atoms with Crippen LogP contribution in [-0.4, -0.2) is 36.5 Å². The average Bonchev–Trinajstić information content (AvgIpc) is 2.86. The molecule has 3 nitrogen and oxygen atoms in total. The SMILES string of the molecule is CCCCN(CC1CCCN1)C(=O)CC(C)CC. The molecule has 1 heterocycles. The van der Waals surface area contributed by atoms with E-state index in [9.17, 15) is 4.79 Å². The maximum Gasteiger partial charge on any atom is 0.222 e. The highest BCUT2D eigenvalue weighted by atomic mass is 16.2. The number of nitrogens with zero attached hydrogens (tertiary/aromatic N) is 1. The molecule has 1 amide bonds. The van der Waals surface area contributed by atoms with E-state index in [4.69, 9.17) is 0 Å². The van der Waals surface area contributed by atoms with Crippen molar-refractivity contribution in [3.05, 3.63) is 0 Å². The Morgan fingerprint density at radius 3 is 2.78 bits per heavy atom. The van der Waals surface area contributed by atoms with Gasteiger partial charge in [0.1, 0.15) is 0 Å². The molecule has 106 valence electrons. The molecule has 0 aromatic carbocycles. The summed E-state index contributed by atoms with van der Waals surface area (Å²) in [4.78, 5) is 14.4. The van der Waals surface area contributed by atoms with E-state index >= 15 is 0 Å². The van der Waals surface area contributed by atoms with E-state index in [1.165, 1.54) is 12.8 Å². The smallest absolute Gasteiger partial charge is 0.222 e. The molecule has 0 aromatic rings. The summed E-state index contributed by atoms with van der Waals surface area (Å²) in [6.45, 7) is 9.48. The zero-order chi connectivity index (χ0) is 13.4. The van der Waals surface area contributed by atoms with E-state index < -0.39 is 0 Å². The first-order valence-corrected chi connectivity index (χ1v) is 7.68. The molecule has 18 heavy (non-hydrogen) atoms. The molecule has 2 unspecified atom stereocenters. The molecule has 0 spiro atoms. The summed E-state index contributed by atoms with van der Waals surface area (Å²) < 4.78 is 0. The van der Waals surface area contributed by atoms with E-state index in [1.54, 1.807) is 0 Å². The molecule has 1 aliphatic heterocycles. The number of rotatable bonds is 8. The van der Waals surface area contributed by atoms with E-state index in [0.717, 1.165) is 38.9 Å². The first kappa shape index (κ1) is 15.5. The number of carbonyl (C=O) groups excluding carboxylic acids is 1. The van der Waals surface area contributed by atoms with Crippen LogP contribution in [0.25, 0.3) is 0 Å². The maximum atomic E-state index is 12.3. The van der Waals surface area contributed by atoms with Gasteiger partial charge in [-0.1, -0.05) is 33.6 Å². The van der Waals surface area contributed by atoms with Crippen LogP contribution >= 0.6 is 0 Å². The maximum absolute atomic E-state index is 12.3. The highest BCUT2D eigenvalue weighted by molar-refractivity contribution is 5.76. The Morgan fingerprint density at radius 2 is 2.22 bits per heavy atom. The first-order valence-electron chi connectivity index (χ1n) is 7.68. The molecule has 1 saturated heterocycles. The topological polar surface area (TPSA) is 32.3 Å². The first-order chi connectivity index (χ1) is 8.67. The Hall–Kier alpha value is -0.570. The van der Waals surface area contributed by atoms with Crippen molar-refractivity contribution in [2.45, 2.75) is 65.3 Å². The molecule has 2 atom stereocenters. The van der Waals surface area contributed by atoms with Gasteiger partial charge in [0.05, 0.1) is 0 Å². The van der Waals surface area contributed by atoms with Gasteiger partial charge in [-0.3, -0.25) is 4.79 Å². The normalized spacial score (nSPS) is 20.9. The Morgan fingerprint density at radius 1 is 1.44 bits per heavy atom. The van der Waals surface area contributed by atoms with Gasteiger partial charge in [0.2, 0.25) is 5.91 Å². The summed E-state index contributed by atoms with van der Waals surface area (Å²) in [5, 5.41) is 3.49. The van der Waals surface area contributed by atoms with Gasteiger partial charge in [0.15, 0.2) is 0 Å². The Kier molecular flexibility index (Phi) is 7.33. The number of carbonyl (C=O) groups is 1. The van der Waals surface area contributed by atoms with E-state index in [-0.39, 0.29) is 0 Å². The second kappa shape index (κ2) is 8.52.